The third kappa shape index (κ3) is 4.12. The van der Waals surface area contributed by atoms with E-state index in [4.69, 9.17) is 9.15 Å². The van der Waals surface area contributed by atoms with E-state index in [9.17, 15) is 4.79 Å². The average molecular weight is 345 g/mol. The Hall–Kier alpha value is -2.08. The molecule has 1 unspecified atom stereocenters. The van der Waals surface area contributed by atoms with Crippen LogP contribution in [0.1, 0.15) is 38.6 Å². The van der Waals surface area contributed by atoms with Crippen LogP contribution in [0.25, 0.3) is 11.1 Å². The lowest BCUT2D eigenvalue weighted by Crippen LogP contribution is -2.42. The van der Waals surface area contributed by atoms with Gasteiger partial charge in [-0.05, 0) is 38.8 Å². The number of likely N-dealkylation sites (tertiary alicyclic amines) is 1. The van der Waals surface area contributed by atoms with Gasteiger partial charge in [-0.1, -0.05) is 12.1 Å². The minimum absolute atomic E-state index is 0.174. The number of benzene rings is 1. The fraction of sp³-hybridized carbons (Fsp3) is 0.579. The normalized spacial score (nSPS) is 18.7. The number of amides is 1. The molecule has 1 aromatic heterocycles. The summed E-state index contributed by atoms with van der Waals surface area (Å²) in [7, 11) is 1.82. The summed E-state index contributed by atoms with van der Waals surface area (Å²) in [5, 5.41) is 0. The van der Waals surface area contributed by atoms with Crippen molar-refractivity contribution in [1.29, 1.82) is 0 Å². The van der Waals surface area contributed by atoms with Crippen molar-refractivity contribution in [3.05, 3.63) is 29.7 Å². The van der Waals surface area contributed by atoms with Gasteiger partial charge in [0, 0.05) is 39.6 Å². The third-order valence-corrected chi connectivity index (χ3v) is 4.48. The standard InChI is InChI=1S/C19H27N3O3/c1-13-20-17-14(7-6-8-16(17)24-13)11-22-10-9-15(12-22)21(5)18(23)25-19(2,3)4/h6-8,15H,9-12H2,1-5H3. The molecule has 1 atom stereocenters. The van der Waals surface area contributed by atoms with E-state index in [-0.39, 0.29) is 12.1 Å². The number of likely N-dealkylation sites (N-methyl/N-ethyl adjacent to an activating group) is 1. The Labute approximate surface area is 148 Å². The van der Waals surface area contributed by atoms with Crippen molar-refractivity contribution in [3.63, 3.8) is 0 Å². The SMILES string of the molecule is Cc1nc2c(CN3CCC(N(C)C(=O)OC(C)(C)C)C3)cccc2o1. The first-order valence-electron chi connectivity index (χ1n) is 8.76. The largest absolute Gasteiger partial charge is 0.444 e. The molecule has 0 saturated carbocycles. The van der Waals surface area contributed by atoms with Gasteiger partial charge >= 0.3 is 6.09 Å². The molecule has 0 N–H and O–H groups in total. The summed E-state index contributed by atoms with van der Waals surface area (Å²) in [5.41, 5.74) is 2.46. The first kappa shape index (κ1) is 17.7. The summed E-state index contributed by atoms with van der Waals surface area (Å²) in [6, 6.07) is 6.22. The van der Waals surface area contributed by atoms with Crippen LogP contribution in [0.3, 0.4) is 0 Å². The van der Waals surface area contributed by atoms with Gasteiger partial charge in [0.05, 0.1) is 0 Å². The Morgan fingerprint density at radius 3 is 2.92 bits per heavy atom. The van der Waals surface area contributed by atoms with Crippen LogP contribution in [0, 0.1) is 6.92 Å². The van der Waals surface area contributed by atoms with Crippen LogP contribution < -0.4 is 0 Å². The van der Waals surface area contributed by atoms with E-state index in [0.717, 1.165) is 42.7 Å². The van der Waals surface area contributed by atoms with E-state index < -0.39 is 5.60 Å². The van der Waals surface area contributed by atoms with Gasteiger partial charge in [-0.15, -0.1) is 0 Å². The second kappa shape index (κ2) is 6.67. The molecular formula is C19H27N3O3. The number of carbonyl (C=O) groups is 1. The van der Waals surface area contributed by atoms with Crippen LogP contribution in [0.5, 0.6) is 0 Å². The Morgan fingerprint density at radius 1 is 1.44 bits per heavy atom. The van der Waals surface area contributed by atoms with Gasteiger partial charge in [0.2, 0.25) is 0 Å². The lowest BCUT2D eigenvalue weighted by molar-refractivity contribution is 0.0228. The van der Waals surface area contributed by atoms with E-state index in [1.165, 1.54) is 0 Å². The molecule has 1 aliphatic heterocycles. The molecule has 0 bridgehead atoms. The zero-order valence-corrected chi connectivity index (χ0v) is 15.7. The number of nitrogens with zero attached hydrogens (tertiary/aromatic N) is 3. The minimum Gasteiger partial charge on any atom is -0.444 e. The van der Waals surface area contributed by atoms with E-state index in [2.05, 4.69) is 16.0 Å². The molecule has 1 saturated heterocycles. The van der Waals surface area contributed by atoms with Crippen molar-refractivity contribution in [2.75, 3.05) is 20.1 Å². The average Bonchev–Trinajstić information content (AvgIpc) is 3.11. The van der Waals surface area contributed by atoms with Gasteiger partial charge in [-0.25, -0.2) is 9.78 Å². The molecule has 1 aromatic carbocycles. The monoisotopic (exact) mass is 345 g/mol. The van der Waals surface area contributed by atoms with E-state index >= 15 is 0 Å². The van der Waals surface area contributed by atoms with Crippen LogP contribution in [0.2, 0.25) is 0 Å². The minimum atomic E-state index is -0.468. The van der Waals surface area contributed by atoms with Crippen molar-refractivity contribution in [2.45, 2.75) is 52.3 Å². The van der Waals surface area contributed by atoms with E-state index in [1.807, 2.05) is 46.9 Å². The summed E-state index contributed by atoms with van der Waals surface area (Å²) in [6.07, 6.45) is 0.692. The Bertz CT molecular complexity index is 763. The van der Waals surface area contributed by atoms with Crippen molar-refractivity contribution in [3.8, 4) is 0 Å². The lowest BCUT2D eigenvalue weighted by atomic mass is 10.2. The number of rotatable bonds is 3. The molecule has 3 rings (SSSR count). The maximum absolute atomic E-state index is 12.3. The smallest absolute Gasteiger partial charge is 0.410 e. The Balaban J connectivity index is 1.64. The third-order valence-electron chi connectivity index (χ3n) is 4.48. The zero-order chi connectivity index (χ0) is 18.2. The Morgan fingerprint density at radius 2 is 2.20 bits per heavy atom. The van der Waals surface area contributed by atoms with Gasteiger partial charge in [-0.2, -0.15) is 0 Å². The topological polar surface area (TPSA) is 58.8 Å². The number of ether oxygens (including phenoxy) is 1. The van der Waals surface area contributed by atoms with E-state index in [1.54, 1.807) is 4.90 Å². The molecule has 136 valence electrons. The number of hydrogen-bond donors (Lipinski definition) is 0. The van der Waals surface area contributed by atoms with E-state index in [0.29, 0.717) is 5.89 Å². The molecule has 0 spiro atoms. The van der Waals surface area contributed by atoms with Gasteiger partial charge in [0.1, 0.15) is 11.1 Å². The maximum atomic E-state index is 12.3. The number of carbonyl (C=O) groups excluding carboxylic acids is 1. The summed E-state index contributed by atoms with van der Waals surface area (Å²) in [4.78, 5) is 20.8. The highest BCUT2D eigenvalue weighted by atomic mass is 16.6. The van der Waals surface area contributed by atoms with Gasteiger partial charge in [0.25, 0.3) is 0 Å². The number of para-hydroxylation sites is 1. The van der Waals surface area contributed by atoms with Crippen LogP contribution in [-0.4, -0.2) is 52.7 Å². The number of aryl methyl sites for hydroxylation is 1. The first-order valence-corrected chi connectivity index (χ1v) is 8.76. The fourth-order valence-corrected chi connectivity index (χ4v) is 3.24. The quantitative estimate of drug-likeness (QED) is 0.851. The van der Waals surface area contributed by atoms with Crippen LogP contribution in [0.4, 0.5) is 4.79 Å². The van der Waals surface area contributed by atoms with Gasteiger partial charge in [0.15, 0.2) is 11.5 Å². The zero-order valence-electron chi connectivity index (χ0n) is 15.7. The maximum Gasteiger partial charge on any atom is 0.410 e. The summed E-state index contributed by atoms with van der Waals surface area (Å²) in [6.45, 7) is 10.1. The highest BCUT2D eigenvalue weighted by Crippen LogP contribution is 2.24. The van der Waals surface area contributed by atoms with Gasteiger partial charge in [-0.3, -0.25) is 4.90 Å². The number of aromatic nitrogens is 1. The van der Waals surface area contributed by atoms with Crippen molar-refractivity contribution in [2.24, 2.45) is 0 Å². The summed E-state index contributed by atoms with van der Waals surface area (Å²) in [5.74, 6) is 0.686. The summed E-state index contributed by atoms with van der Waals surface area (Å²) >= 11 is 0. The number of fused-ring (bicyclic) bond motifs is 1. The predicted octanol–water partition coefficient (Wildman–Crippen LogP) is 3.58. The van der Waals surface area contributed by atoms with Crippen LogP contribution in [-0.2, 0) is 11.3 Å². The second-order valence-corrected chi connectivity index (χ2v) is 7.77. The van der Waals surface area contributed by atoms with Crippen molar-refractivity contribution in [1.82, 2.24) is 14.8 Å². The molecule has 1 fully saturated rings. The molecule has 1 amide bonds. The molecule has 25 heavy (non-hydrogen) atoms. The number of oxazole rings is 1. The van der Waals surface area contributed by atoms with Crippen LogP contribution >= 0.6 is 0 Å². The lowest BCUT2D eigenvalue weighted by Gasteiger charge is -2.28. The van der Waals surface area contributed by atoms with Gasteiger partial charge < -0.3 is 14.1 Å². The Kier molecular flexibility index (Phi) is 4.73. The number of hydrogen-bond acceptors (Lipinski definition) is 5. The molecular weight excluding hydrogens is 318 g/mol. The molecule has 0 aliphatic carbocycles. The highest BCUT2D eigenvalue weighted by Gasteiger charge is 2.31. The first-order chi connectivity index (χ1) is 11.7. The molecule has 2 heterocycles. The van der Waals surface area contributed by atoms with Crippen molar-refractivity contribution < 1.29 is 13.9 Å². The molecule has 6 heteroatoms. The fourth-order valence-electron chi connectivity index (χ4n) is 3.24. The molecule has 0 radical (unpaired) electrons. The second-order valence-electron chi connectivity index (χ2n) is 7.77. The molecule has 1 aliphatic rings. The van der Waals surface area contributed by atoms with Crippen molar-refractivity contribution >= 4 is 17.2 Å². The molecule has 2 aromatic rings. The molecule has 6 nitrogen and oxygen atoms in total. The highest BCUT2D eigenvalue weighted by molar-refractivity contribution is 5.76. The van der Waals surface area contributed by atoms with Crippen LogP contribution in [0.15, 0.2) is 22.6 Å². The predicted molar refractivity (Wildman–Crippen MR) is 96.4 cm³/mol. The summed E-state index contributed by atoms with van der Waals surface area (Å²) < 4.78 is 11.1.